The quantitative estimate of drug-likeness (QED) is 0.519. The number of benzene rings is 1. The molecule has 0 radical (unpaired) electrons. The summed E-state index contributed by atoms with van der Waals surface area (Å²) < 4.78 is 5.40. The van der Waals surface area contributed by atoms with E-state index >= 15 is 0 Å². The van der Waals surface area contributed by atoms with Gasteiger partial charge < -0.3 is 20.7 Å². The maximum atomic E-state index is 12.1. The number of carbonyl (C=O) groups is 1. The van der Waals surface area contributed by atoms with Crippen molar-refractivity contribution in [3.8, 4) is 17.9 Å². The number of nitriles is 1. The summed E-state index contributed by atoms with van der Waals surface area (Å²) in [7, 11) is 0. The van der Waals surface area contributed by atoms with Gasteiger partial charge in [0.25, 0.3) is 0 Å². The van der Waals surface area contributed by atoms with Crippen molar-refractivity contribution >= 4 is 23.5 Å². The lowest BCUT2D eigenvalue weighted by Crippen LogP contribution is -2.41. The van der Waals surface area contributed by atoms with Crippen LogP contribution in [0.3, 0.4) is 0 Å². The Morgan fingerprint density at radius 3 is 2.57 bits per heavy atom. The summed E-state index contributed by atoms with van der Waals surface area (Å²) in [6.45, 7) is 5.59. The van der Waals surface area contributed by atoms with E-state index < -0.39 is 5.60 Å². The van der Waals surface area contributed by atoms with Crippen molar-refractivity contribution in [1.82, 2.24) is 15.3 Å². The Labute approximate surface area is 206 Å². The first-order valence-electron chi connectivity index (χ1n) is 12.2. The maximum Gasteiger partial charge on any atom is 0.407 e. The zero-order valence-electron chi connectivity index (χ0n) is 20.5. The van der Waals surface area contributed by atoms with E-state index in [0.29, 0.717) is 17.6 Å². The molecular weight excluding hydrogens is 440 g/mol. The summed E-state index contributed by atoms with van der Waals surface area (Å²) in [6, 6.07) is 9.76. The van der Waals surface area contributed by atoms with E-state index in [-0.39, 0.29) is 18.1 Å². The first-order chi connectivity index (χ1) is 16.8. The van der Waals surface area contributed by atoms with E-state index in [9.17, 15) is 4.79 Å². The number of amides is 1. The molecule has 2 saturated carbocycles. The fourth-order valence-corrected chi connectivity index (χ4v) is 3.93. The SMILES string of the molecule is CC(C)(C)OC(=O)N[C@H]1CCC[C@@H](C#Cc2cnc(Nc3ccc(C#N)cc3)nc2NC2CC2)C1. The molecule has 0 bridgehead atoms. The largest absolute Gasteiger partial charge is 0.444 e. The molecule has 0 unspecified atom stereocenters. The average Bonchev–Trinajstić information content (AvgIpc) is 3.62. The van der Waals surface area contributed by atoms with Gasteiger partial charge in [0.15, 0.2) is 0 Å². The summed E-state index contributed by atoms with van der Waals surface area (Å²) in [5, 5.41) is 18.6. The van der Waals surface area contributed by atoms with Crippen molar-refractivity contribution in [3.63, 3.8) is 0 Å². The molecule has 0 aliphatic heterocycles. The second-order valence-electron chi connectivity index (χ2n) is 10.2. The Hall–Kier alpha value is -3.78. The number of hydrogen-bond donors (Lipinski definition) is 3. The van der Waals surface area contributed by atoms with Crippen LogP contribution in [-0.4, -0.2) is 33.7 Å². The Balaban J connectivity index is 1.43. The van der Waals surface area contributed by atoms with Crippen LogP contribution in [0.4, 0.5) is 22.2 Å². The highest BCUT2D eigenvalue weighted by molar-refractivity contribution is 5.68. The number of alkyl carbamates (subject to hydrolysis) is 1. The molecule has 35 heavy (non-hydrogen) atoms. The third-order valence-electron chi connectivity index (χ3n) is 5.78. The molecule has 0 spiro atoms. The van der Waals surface area contributed by atoms with Gasteiger partial charge in [-0.1, -0.05) is 18.3 Å². The Morgan fingerprint density at radius 2 is 1.89 bits per heavy atom. The van der Waals surface area contributed by atoms with Gasteiger partial charge in [0, 0.05) is 23.7 Å². The molecule has 3 N–H and O–H groups in total. The second kappa shape index (κ2) is 10.7. The minimum absolute atomic E-state index is 0.0669. The number of carbonyl (C=O) groups excluding carboxylic acids is 1. The molecule has 2 aromatic rings. The van der Waals surface area contributed by atoms with Crippen LogP contribution in [-0.2, 0) is 4.74 Å². The van der Waals surface area contributed by atoms with E-state index in [0.717, 1.165) is 55.6 Å². The third-order valence-corrected chi connectivity index (χ3v) is 5.78. The molecule has 2 aliphatic carbocycles. The zero-order chi connectivity index (χ0) is 24.8. The van der Waals surface area contributed by atoms with Crippen LogP contribution in [0.5, 0.6) is 0 Å². The van der Waals surface area contributed by atoms with Crippen molar-refractivity contribution in [2.75, 3.05) is 10.6 Å². The van der Waals surface area contributed by atoms with Crippen LogP contribution in [0.1, 0.15) is 70.4 Å². The Morgan fingerprint density at radius 1 is 1.11 bits per heavy atom. The first kappa shape index (κ1) is 24.3. The predicted molar refractivity (Wildman–Crippen MR) is 135 cm³/mol. The van der Waals surface area contributed by atoms with E-state index in [1.54, 1.807) is 18.3 Å². The molecule has 2 aliphatic rings. The molecular formula is C27H32N6O2. The van der Waals surface area contributed by atoms with E-state index in [2.05, 4.69) is 43.8 Å². The predicted octanol–water partition coefficient (Wildman–Crippen LogP) is 5.10. The lowest BCUT2D eigenvalue weighted by Gasteiger charge is -2.28. The lowest BCUT2D eigenvalue weighted by atomic mass is 9.86. The minimum atomic E-state index is -0.510. The lowest BCUT2D eigenvalue weighted by molar-refractivity contribution is 0.0489. The van der Waals surface area contributed by atoms with E-state index in [1.807, 2.05) is 32.9 Å². The summed E-state index contributed by atoms with van der Waals surface area (Å²) in [6.07, 6.45) is 7.37. The summed E-state index contributed by atoms with van der Waals surface area (Å²) in [4.78, 5) is 21.3. The fraction of sp³-hybridized carbons (Fsp3) is 0.481. The number of rotatable bonds is 5. The van der Waals surface area contributed by atoms with Crippen LogP contribution in [0.15, 0.2) is 30.5 Å². The number of aromatic nitrogens is 2. The molecule has 1 amide bonds. The highest BCUT2D eigenvalue weighted by atomic mass is 16.6. The van der Waals surface area contributed by atoms with Gasteiger partial charge in [-0.2, -0.15) is 10.2 Å². The van der Waals surface area contributed by atoms with Gasteiger partial charge in [0.1, 0.15) is 11.4 Å². The van der Waals surface area contributed by atoms with Crippen molar-refractivity contribution in [2.45, 2.75) is 77.0 Å². The van der Waals surface area contributed by atoms with Crippen molar-refractivity contribution in [1.29, 1.82) is 5.26 Å². The Kier molecular flexibility index (Phi) is 7.41. The number of hydrogen-bond acceptors (Lipinski definition) is 7. The van der Waals surface area contributed by atoms with Gasteiger partial charge in [-0.15, -0.1) is 0 Å². The molecule has 1 heterocycles. The van der Waals surface area contributed by atoms with Crippen LogP contribution in [0.25, 0.3) is 0 Å². The number of anilines is 3. The van der Waals surface area contributed by atoms with Crippen LogP contribution >= 0.6 is 0 Å². The Bertz CT molecular complexity index is 1150. The minimum Gasteiger partial charge on any atom is -0.444 e. The monoisotopic (exact) mass is 472 g/mol. The van der Waals surface area contributed by atoms with Crippen LogP contribution < -0.4 is 16.0 Å². The highest BCUT2D eigenvalue weighted by Gasteiger charge is 2.25. The number of ether oxygens (including phenoxy) is 1. The van der Waals surface area contributed by atoms with Crippen LogP contribution in [0, 0.1) is 29.1 Å². The summed E-state index contributed by atoms with van der Waals surface area (Å²) >= 11 is 0. The van der Waals surface area contributed by atoms with Crippen LogP contribution in [0.2, 0.25) is 0 Å². The van der Waals surface area contributed by atoms with Gasteiger partial charge in [-0.3, -0.25) is 0 Å². The van der Waals surface area contributed by atoms with Gasteiger partial charge >= 0.3 is 6.09 Å². The van der Waals surface area contributed by atoms with Crippen molar-refractivity contribution in [3.05, 3.63) is 41.6 Å². The smallest absolute Gasteiger partial charge is 0.407 e. The second-order valence-corrected chi connectivity index (χ2v) is 10.2. The number of nitrogens with one attached hydrogen (secondary N) is 3. The van der Waals surface area contributed by atoms with Crippen molar-refractivity contribution in [2.24, 2.45) is 5.92 Å². The topological polar surface area (TPSA) is 112 Å². The molecule has 4 rings (SSSR count). The summed E-state index contributed by atoms with van der Waals surface area (Å²) in [5.74, 6) is 8.07. The zero-order valence-corrected chi connectivity index (χ0v) is 20.5. The molecule has 2 atom stereocenters. The molecule has 1 aromatic heterocycles. The molecule has 8 nitrogen and oxygen atoms in total. The average molecular weight is 473 g/mol. The highest BCUT2D eigenvalue weighted by Crippen LogP contribution is 2.27. The standard InChI is InChI=1S/C27H32N6O2/c1-27(2,3)35-26(34)32-23-6-4-5-18(15-23)7-10-20-17-29-25(33-24(20)30-21-13-14-21)31-22-11-8-19(16-28)9-12-22/h8-9,11-12,17-18,21,23H,4-6,13-15H2,1-3H3,(H,32,34)(H2,29,30,31,33)/t18-,23-/m0/s1. The van der Waals surface area contributed by atoms with E-state index in [1.165, 1.54) is 0 Å². The maximum absolute atomic E-state index is 12.1. The molecule has 2 fully saturated rings. The molecule has 182 valence electrons. The van der Waals surface area contributed by atoms with Gasteiger partial charge in [-0.25, -0.2) is 9.78 Å². The molecule has 8 heteroatoms. The third kappa shape index (κ3) is 7.61. The van der Waals surface area contributed by atoms with Gasteiger partial charge in [0.2, 0.25) is 5.95 Å². The van der Waals surface area contributed by atoms with Gasteiger partial charge in [0.05, 0.1) is 23.4 Å². The molecule has 0 saturated heterocycles. The fourth-order valence-electron chi connectivity index (χ4n) is 3.93. The first-order valence-corrected chi connectivity index (χ1v) is 12.2. The van der Waals surface area contributed by atoms with Gasteiger partial charge in [-0.05, 0) is 77.1 Å². The number of nitrogens with zero attached hydrogens (tertiary/aromatic N) is 3. The normalized spacial score (nSPS) is 19.5. The summed E-state index contributed by atoms with van der Waals surface area (Å²) in [5.41, 5.74) is 1.67. The van der Waals surface area contributed by atoms with E-state index in [4.69, 9.17) is 10.00 Å². The molecule has 1 aromatic carbocycles. The van der Waals surface area contributed by atoms with Crippen molar-refractivity contribution < 1.29 is 9.53 Å².